The van der Waals surface area contributed by atoms with Crippen molar-refractivity contribution in [2.75, 3.05) is 0 Å². The lowest BCUT2D eigenvalue weighted by molar-refractivity contribution is 0.105. The molecule has 0 amide bonds. The Bertz CT molecular complexity index is 314. The summed E-state index contributed by atoms with van der Waals surface area (Å²) in [7, 11) is 0. The summed E-state index contributed by atoms with van der Waals surface area (Å²) in [6.45, 7) is 3.76. The third kappa shape index (κ3) is 2.96. The Kier molecular flexibility index (Phi) is 3.90. The van der Waals surface area contributed by atoms with Gasteiger partial charge in [0.2, 0.25) is 0 Å². The fourth-order valence-corrected chi connectivity index (χ4v) is 1.56. The van der Waals surface area contributed by atoms with E-state index in [1.807, 2.05) is 43.3 Å². The van der Waals surface area contributed by atoms with E-state index < -0.39 is 5.60 Å². The zero-order valence-corrected chi connectivity index (χ0v) is 10.1. The van der Waals surface area contributed by atoms with Crippen molar-refractivity contribution in [1.29, 1.82) is 0 Å². The SMILES string of the molecule is CC[C@](C)(O)/C(Br)=C/c1ccccc1. The van der Waals surface area contributed by atoms with Crippen LogP contribution in [0.5, 0.6) is 0 Å². The van der Waals surface area contributed by atoms with E-state index in [9.17, 15) is 5.11 Å². The summed E-state index contributed by atoms with van der Waals surface area (Å²) in [5.74, 6) is 0. The van der Waals surface area contributed by atoms with E-state index in [0.717, 1.165) is 10.0 Å². The van der Waals surface area contributed by atoms with E-state index in [-0.39, 0.29) is 0 Å². The van der Waals surface area contributed by atoms with Crippen LogP contribution in [0, 0.1) is 0 Å². The van der Waals surface area contributed by atoms with Gasteiger partial charge in [-0.15, -0.1) is 0 Å². The van der Waals surface area contributed by atoms with Crippen molar-refractivity contribution in [1.82, 2.24) is 0 Å². The van der Waals surface area contributed by atoms with Crippen molar-refractivity contribution in [2.45, 2.75) is 25.9 Å². The van der Waals surface area contributed by atoms with E-state index in [0.29, 0.717) is 6.42 Å². The van der Waals surface area contributed by atoms with E-state index >= 15 is 0 Å². The third-order valence-electron chi connectivity index (χ3n) is 2.30. The quantitative estimate of drug-likeness (QED) is 0.875. The summed E-state index contributed by atoms with van der Waals surface area (Å²) in [6, 6.07) is 9.95. The van der Waals surface area contributed by atoms with E-state index in [1.54, 1.807) is 6.92 Å². The zero-order chi connectivity index (χ0) is 10.6. The number of aliphatic hydroxyl groups is 1. The van der Waals surface area contributed by atoms with Crippen molar-refractivity contribution in [3.05, 3.63) is 40.4 Å². The minimum Gasteiger partial charge on any atom is -0.385 e. The zero-order valence-electron chi connectivity index (χ0n) is 8.50. The molecule has 0 radical (unpaired) electrons. The highest BCUT2D eigenvalue weighted by Crippen LogP contribution is 2.27. The Labute approximate surface area is 93.6 Å². The van der Waals surface area contributed by atoms with Crippen LogP contribution in [-0.4, -0.2) is 10.7 Å². The van der Waals surface area contributed by atoms with Crippen molar-refractivity contribution >= 4 is 22.0 Å². The molecule has 1 aromatic carbocycles. The maximum atomic E-state index is 9.94. The summed E-state index contributed by atoms with van der Waals surface area (Å²) in [6.07, 6.45) is 2.64. The molecule has 1 rings (SSSR count). The van der Waals surface area contributed by atoms with Gasteiger partial charge >= 0.3 is 0 Å². The molecule has 0 aliphatic heterocycles. The topological polar surface area (TPSA) is 20.2 Å². The highest BCUT2D eigenvalue weighted by atomic mass is 79.9. The Balaban J connectivity index is 2.89. The van der Waals surface area contributed by atoms with Gasteiger partial charge in [-0.2, -0.15) is 0 Å². The van der Waals surface area contributed by atoms with Gasteiger partial charge in [-0.05, 0) is 25.0 Å². The first kappa shape index (κ1) is 11.5. The molecular formula is C12H15BrO. The number of hydrogen-bond donors (Lipinski definition) is 1. The molecule has 2 heteroatoms. The maximum absolute atomic E-state index is 9.94. The van der Waals surface area contributed by atoms with Crippen LogP contribution < -0.4 is 0 Å². The van der Waals surface area contributed by atoms with Gasteiger partial charge in [-0.25, -0.2) is 0 Å². The fourth-order valence-electron chi connectivity index (χ4n) is 1.02. The summed E-state index contributed by atoms with van der Waals surface area (Å²) in [4.78, 5) is 0. The van der Waals surface area contributed by atoms with Crippen LogP contribution in [0.3, 0.4) is 0 Å². The van der Waals surface area contributed by atoms with Gasteiger partial charge in [0.25, 0.3) is 0 Å². The summed E-state index contributed by atoms with van der Waals surface area (Å²) >= 11 is 3.41. The molecule has 76 valence electrons. The average Bonchev–Trinajstić information content (AvgIpc) is 2.19. The molecule has 0 heterocycles. The standard InChI is InChI=1S/C12H15BrO/c1-3-12(2,14)11(13)9-10-7-5-4-6-8-10/h4-9,14H,3H2,1-2H3/b11-9-/t12-/m0/s1. The molecule has 1 N–H and O–H groups in total. The molecule has 0 unspecified atom stereocenters. The number of rotatable bonds is 3. The number of benzene rings is 1. The van der Waals surface area contributed by atoms with Crippen LogP contribution in [0.25, 0.3) is 6.08 Å². The van der Waals surface area contributed by atoms with Gasteiger partial charge in [0.05, 0.1) is 5.60 Å². The maximum Gasteiger partial charge on any atom is 0.0930 e. The van der Waals surface area contributed by atoms with Crippen molar-refractivity contribution in [3.8, 4) is 0 Å². The van der Waals surface area contributed by atoms with Crippen molar-refractivity contribution in [2.24, 2.45) is 0 Å². The number of hydrogen-bond acceptors (Lipinski definition) is 1. The van der Waals surface area contributed by atoms with Crippen molar-refractivity contribution < 1.29 is 5.11 Å². The molecule has 0 aliphatic rings. The first-order valence-corrected chi connectivity index (χ1v) is 5.50. The second-order valence-electron chi connectivity index (χ2n) is 3.53. The predicted molar refractivity (Wildman–Crippen MR) is 64.3 cm³/mol. The second kappa shape index (κ2) is 4.76. The van der Waals surface area contributed by atoms with Crippen LogP contribution in [0.1, 0.15) is 25.8 Å². The lowest BCUT2D eigenvalue weighted by atomic mass is 10.0. The predicted octanol–water partition coefficient (Wildman–Crippen LogP) is 3.58. The third-order valence-corrected chi connectivity index (χ3v) is 3.38. The van der Waals surface area contributed by atoms with Crippen molar-refractivity contribution in [3.63, 3.8) is 0 Å². The van der Waals surface area contributed by atoms with Gasteiger partial charge < -0.3 is 5.11 Å². The molecule has 0 bridgehead atoms. The molecule has 0 spiro atoms. The minimum absolute atomic E-state index is 0.691. The van der Waals surface area contributed by atoms with Crippen LogP contribution in [0.2, 0.25) is 0 Å². The average molecular weight is 255 g/mol. The second-order valence-corrected chi connectivity index (χ2v) is 4.38. The van der Waals surface area contributed by atoms with E-state index in [2.05, 4.69) is 15.9 Å². The molecule has 0 aliphatic carbocycles. The molecule has 0 aromatic heterocycles. The lowest BCUT2D eigenvalue weighted by Crippen LogP contribution is -2.22. The van der Waals surface area contributed by atoms with Gasteiger partial charge in [-0.1, -0.05) is 53.2 Å². The summed E-state index contributed by atoms with van der Waals surface area (Å²) < 4.78 is 0.818. The minimum atomic E-state index is -0.768. The van der Waals surface area contributed by atoms with Gasteiger partial charge in [-0.3, -0.25) is 0 Å². The Morgan fingerprint density at radius 1 is 1.43 bits per heavy atom. The first-order chi connectivity index (χ1) is 6.56. The van der Waals surface area contributed by atoms with Crippen LogP contribution >= 0.6 is 15.9 Å². The molecule has 0 saturated carbocycles. The normalized spacial score (nSPS) is 16.4. The molecule has 0 saturated heterocycles. The molecule has 1 nitrogen and oxygen atoms in total. The van der Waals surface area contributed by atoms with Gasteiger partial charge in [0, 0.05) is 4.48 Å². The van der Waals surface area contributed by atoms with Crippen LogP contribution in [-0.2, 0) is 0 Å². The van der Waals surface area contributed by atoms with Gasteiger partial charge in [0.15, 0.2) is 0 Å². The molecular weight excluding hydrogens is 240 g/mol. The Hall–Kier alpha value is -0.600. The van der Waals surface area contributed by atoms with Gasteiger partial charge in [0.1, 0.15) is 0 Å². The Morgan fingerprint density at radius 2 is 2.00 bits per heavy atom. The molecule has 14 heavy (non-hydrogen) atoms. The molecule has 0 fully saturated rings. The largest absolute Gasteiger partial charge is 0.385 e. The lowest BCUT2D eigenvalue weighted by Gasteiger charge is -2.20. The fraction of sp³-hybridized carbons (Fsp3) is 0.333. The van der Waals surface area contributed by atoms with Crippen LogP contribution in [0.4, 0.5) is 0 Å². The highest BCUT2D eigenvalue weighted by molar-refractivity contribution is 9.11. The van der Waals surface area contributed by atoms with Crippen LogP contribution in [0.15, 0.2) is 34.8 Å². The van der Waals surface area contributed by atoms with E-state index in [1.165, 1.54) is 0 Å². The molecule has 1 atom stereocenters. The monoisotopic (exact) mass is 254 g/mol. The summed E-state index contributed by atoms with van der Waals surface area (Å²) in [5, 5.41) is 9.94. The Morgan fingerprint density at radius 3 is 2.50 bits per heavy atom. The number of halogens is 1. The highest BCUT2D eigenvalue weighted by Gasteiger charge is 2.20. The summed E-state index contributed by atoms with van der Waals surface area (Å²) in [5.41, 5.74) is 0.323. The molecule has 1 aromatic rings. The smallest absolute Gasteiger partial charge is 0.0930 e. The van der Waals surface area contributed by atoms with E-state index in [4.69, 9.17) is 0 Å². The first-order valence-electron chi connectivity index (χ1n) is 4.71.